The number of carbonyl (C=O) groups excluding carboxylic acids is 1. The fourth-order valence-electron chi connectivity index (χ4n) is 3.57. The van der Waals surface area contributed by atoms with E-state index in [4.69, 9.17) is 14.2 Å². The average molecular weight is 238 g/mol. The van der Waals surface area contributed by atoms with Gasteiger partial charge in [-0.25, -0.2) is 0 Å². The first-order chi connectivity index (χ1) is 8.23. The minimum atomic E-state index is -0.381. The van der Waals surface area contributed by atoms with Crippen LogP contribution in [0.4, 0.5) is 0 Å². The monoisotopic (exact) mass is 238 g/mol. The quantitative estimate of drug-likeness (QED) is 0.707. The summed E-state index contributed by atoms with van der Waals surface area (Å²) >= 11 is 0. The summed E-state index contributed by atoms with van der Waals surface area (Å²) in [6, 6.07) is 0. The highest BCUT2D eigenvalue weighted by Gasteiger charge is 2.62. The van der Waals surface area contributed by atoms with Crippen LogP contribution in [-0.4, -0.2) is 18.4 Å². The van der Waals surface area contributed by atoms with Gasteiger partial charge >= 0.3 is 5.97 Å². The summed E-state index contributed by atoms with van der Waals surface area (Å²) in [6.07, 6.45) is 6.90. The molecule has 1 heterocycles. The lowest BCUT2D eigenvalue weighted by atomic mass is 9.70. The van der Waals surface area contributed by atoms with Crippen LogP contribution in [0.1, 0.15) is 32.6 Å². The first kappa shape index (κ1) is 10.9. The van der Waals surface area contributed by atoms with Crippen molar-refractivity contribution in [3.8, 4) is 0 Å². The van der Waals surface area contributed by atoms with Crippen molar-refractivity contribution in [1.29, 1.82) is 0 Å². The molecule has 94 valence electrons. The van der Waals surface area contributed by atoms with Gasteiger partial charge in [-0.2, -0.15) is 0 Å². The van der Waals surface area contributed by atoms with E-state index >= 15 is 0 Å². The molecule has 0 amide bonds. The van der Waals surface area contributed by atoms with Crippen LogP contribution in [0.5, 0.6) is 0 Å². The molecule has 3 atom stereocenters. The normalized spacial score (nSPS) is 35.9. The van der Waals surface area contributed by atoms with E-state index in [1.807, 2.05) is 6.92 Å². The minimum Gasteiger partial charge on any atom is -0.466 e. The van der Waals surface area contributed by atoms with Crippen molar-refractivity contribution in [2.24, 2.45) is 17.8 Å². The molecule has 0 aromatic carbocycles. The van der Waals surface area contributed by atoms with E-state index in [-0.39, 0.29) is 11.8 Å². The van der Waals surface area contributed by atoms with Gasteiger partial charge in [-0.1, -0.05) is 0 Å². The molecular formula is C13H18O4. The zero-order valence-electron chi connectivity index (χ0n) is 10.1. The Hall–Kier alpha value is -1.19. The molecule has 3 aliphatic rings. The van der Waals surface area contributed by atoms with Crippen molar-refractivity contribution >= 4 is 5.97 Å². The zero-order chi connectivity index (χ0) is 11.9. The van der Waals surface area contributed by atoms with Crippen LogP contribution in [0.15, 0.2) is 12.5 Å². The highest BCUT2D eigenvalue weighted by molar-refractivity contribution is 5.69. The van der Waals surface area contributed by atoms with E-state index in [0.717, 1.165) is 19.3 Å². The number of hydrogen-bond acceptors (Lipinski definition) is 4. The molecule has 0 aromatic rings. The van der Waals surface area contributed by atoms with Gasteiger partial charge in [0.1, 0.15) is 12.5 Å². The molecule has 1 aliphatic heterocycles. The van der Waals surface area contributed by atoms with Crippen LogP contribution in [0.2, 0.25) is 0 Å². The largest absolute Gasteiger partial charge is 0.466 e. The van der Waals surface area contributed by atoms with Gasteiger partial charge in [0.15, 0.2) is 0 Å². The summed E-state index contributed by atoms with van der Waals surface area (Å²) in [5.74, 6) is 1.11. The maximum Gasteiger partial charge on any atom is 0.306 e. The van der Waals surface area contributed by atoms with Crippen molar-refractivity contribution in [3.63, 3.8) is 0 Å². The highest BCUT2D eigenvalue weighted by atomic mass is 16.7. The summed E-state index contributed by atoms with van der Waals surface area (Å²) in [4.78, 5) is 11.4. The van der Waals surface area contributed by atoms with Crippen LogP contribution >= 0.6 is 0 Å². The Morgan fingerprint density at radius 1 is 1.41 bits per heavy atom. The molecule has 0 unspecified atom stereocenters. The smallest absolute Gasteiger partial charge is 0.306 e. The van der Waals surface area contributed by atoms with E-state index in [1.165, 1.54) is 0 Å². The second-order valence-corrected chi connectivity index (χ2v) is 5.24. The summed E-state index contributed by atoms with van der Waals surface area (Å²) in [7, 11) is 0. The molecule has 2 saturated carbocycles. The molecule has 4 heteroatoms. The summed E-state index contributed by atoms with van der Waals surface area (Å²) in [5.41, 5.74) is 0. The van der Waals surface area contributed by atoms with E-state index in [2.05, 4.69) is 0 Å². The molecule has 0 radical (unpaired) electrons. The van der Waals surface area contributed by atoms with Crippen molar-refractivity contribution in [3.05, 3.63) is 12.5 Å². The van der Waals surface area contributed by atoms with Gasteiger partial charge in [-0.05, 0) is 31.6 Å². The number of hydrogen-bond donors (Lipinski definition) is 0. The van der Waals surface area contributed by atoms with Gasteiger partial charge in [0.25, 0.3) is 5.79 Å². The number of ether oxygens (including phenoxy) is 3. The van der Waals surface area contributed by atoms with Crippen molar-refractivity contribution in [1.82, 2.24) is 0 Å². The number of esters is 1. The van der Waals surface area contributed by atoms with E-state index in [9.17, 15) is 4.79 Å². The maximum atomic E-state index is 11.4. The SMILES string of the molecule is CCOC(=O)C[C@@H]1C[C@@H]2CC3(OC=CO3)[C@@H]2C1. The number of rotatable bonds is 3. The van der Waals surface area contributed by atoms with Crippen molar-refractivity contribution in [2.75, 3.05) is 6.61 Å². The molecule has 4 nitrogen and oxygen atoms in total. The first-order valence-electron chi connectivity index (χ1n) is 6.40. The van der Waals surface area contributed by atoms with Gasteiger partial charge in [0.2, 0.25) is 0 Å². The Morgan fingerprint density at radius 2 is 2.18 bits per heavy atom. The Balaban J connectivity index is 1.54. The molecule has 0 bridgehead atoms. The molecule has 1 spiro atoms. The van der Waals surface area contributed by atoms with Crippen molar-refractivity contribution < 1.29 is 19.0 Å². The molecule has 0 N–H and O–H groups in total. The van der Waals surface area contributed by atoms with Crippen LogP contribution in [0.25, 0.3) is 0 Å². The highest BCUT2D eigenvalue weighted by Crippen LogP contribution is 2.59. The molecular weight excluding hydrogens is 220 g/mol. The fraction of sp³-hybridized carbons (Fsp3) is 0.769. The third-order valence-corrected chi connectivity index (χ3v) is 4.26. The van der Waals surface area contributed by atoms with E-state index < -0.39 is 0 Å². The molecule has 2 fully saturated rings. The predicted molar refractivity (Wildman–Crippen MR) is 59.6 cm³/mol. The predicted octanol–water partition coefficient (Wildman–Crippen LogP) is 2.20. The van der Waals surface area contributed by atoms with Crippen LogP contribution < -0.4 is 0 Å². The molecule has 2 aliphatic carbocycles. The Bertz CT molecular complexity index is 341. The Labute approximate surface area is 101 Å². The number of carbonyl (C=O) groups is 1. The maximum absolute atomic E-state index is 11.4. The van der Waals surface area contributed by atoms with Gasteiger partial charge in [0.05, 0.1) is 6.61 Å². The lowest BCUT2D eigenvalue weighted by Gasteiger charge is -2.47. The van der Waals surface area contributed by atoms with Gasteiger partial charge in [-0.3, -0.25) is 4.79 Å². The van der Waals surface area contributed by atoms with Crippen LogP contribution in [0, 0.1) is 17.8 Å². The Kier molecular flexibility index (Phi) is 2.53. The van der Waals surface area contributed by atoms with Crippen molar-refractivity contribution in [2.45, 2.75) is 38.4 Å². The third kappa shape index (κ3) is 1.70. The van der Waals surface area contributed by atoms with Crippen LogP contribution in [-0.2, 0) is 19.0 Å². The molecule has 3 rings (SSSR count). The topological polar surface area (TPSA) is 44.8 Å². The zero-order valence-corrected chi connectivity index (χ0v) is 10.1. The van der Waals surface area contributed by atoms with E-state index in [0.29, 0.717) is 30.8 Å². The summed E-state index contributed by atoms with van der Waals surface area (Å²) < 4.78 is 16.1. The summed E-state index contributed by atoms with van der Waals surface area (Å²) in [5, 5.41) is 0. The molecule has 0 aromatic heterocycles. The third-order valence-electron chi connectivity index (χ3n) is 4.26. The average Bonchev–Trinajstić information content (AvgIpc) is 2.85. The standard InChI is InChI=1S/C13H18O4/c1-2-15-12(14)7-9-5-10-8-13(11(10)6-9)16-3-4-17-13/h3-4,9-11H,2,5-8H2,1H3/t9-,10-,11-/m1/s1. The second-order valence-electron chi connectivity index (χ2n) is 5.24. The Morgan fingerprint density at radius 3 is 2.88 bits per heavy atom. The second kappa shape index (κ2) is 3.93. The van der Waals surface area contributed by atoms with Gasteiger partial charge < -0.3 is 14.2 Å². The van der Waals surface area contributed by atoms with Gasteiger partial charge in [-0.15, -0.1) is 0 Å². The fourth-order valence-corrected chi connectivity index (χ4v) is 3.57. The van der Waals surface area contributed by atoms with Gasteiger partial charge in [0, 0.05) is 18.8 Å². The number of fused-ring (bicyclic) bond motifs is 2. The minimum absolute atomic E-state index is 0.0702. The summed E-state index contributed by atoms with van der Waals surface area (Å²) in [6.45, 7) is 2.32. The lowest BCUT2D eigenvalue weighted by Crippen LogP contribution is -2.52. The van der Waals surface area contributed by atoms with E-state index in [1.54, 1.807) is 12.5 Å². The molecule has 17 heavy (non-hydrogen) atoms. The lowest BCUT2D eigenvalue weighted by molar-refractivity contribution is -0.256. The molecule has 0 saturated heterocycles. The van der Waals surface area contributed by atoms with Crippen LogP contribution in [0.3, 0.4) is 0 Å². The first-order valence-corrected chi connectivity index (χ1v) is 6.40.